The fourth-order valence-corrected chi connectivity index (χ4v) is 1.89. The Labute approximate surface area is 124 Å². The van der Waals surface area contributed by atoms with E-state index in [-0.39, 0.29) is 5.75 Å². The van der Waals surface area contributed by atoms with Gasteiger partial charge in [-0.15, -0.1) is 0 Å². The molecule has 0 aliphatic carbocycles. The van der Waals surface area contributed by atoms with Crippen molar-refractivity contribution in [3.05, 3.63) is 65.4 Å². The molecule has 0 aliphatic heterocycles. The molecule has 0 aromatic heterocycles. The van der Waals surface area contributed by atoms with Crippen molar-refractivity contribution in [3.63, 3.8) is 0 Å². The molecule has 0 saturated carbocycles. The van der Waals surface area contributed by atoms with Crippen LogP contribution in [0.1, 0.15) is 16.7 Å². The van der Waals surface area contributed by atoms with Crippen molar-refractivity contribution in [2.24, 2.45) is 0 Å². The molecule has 108 valence electrons. The summed E-state index contributed by atoms with van der Waals surface area (Å²) in [6.07, 6.45) is 3.40. The Morgan fingerprint density at radius 3 is 2.62 bits per heavy atom. The topological polar surface area (TPSA) is 61.4 Å². The summed E-state index contributed by atoms with van der Waals surface area (Å²) in [6, 6.07) is 12.6. The van der Waals surface area contributed by atoms with Crippen molar-refractivity contribution in [1.29, 1.82) is 0 Å². The molecule has 0 spiro atoms. The van der Waals surface area contributed by atoms with Gasteiger partial charge in [-0.2, -0.15) is 0 Å². The first-order valence-electron chi connectivity index (χ1n) is 6.65. The molecular weight excluding hydrogens is 264 g/mol. The van der Waals surface area contributed by atoms with E-state index in [9.17, 15) is 9.90 Å². The van der Waals surface area contributed by atoms with E-state index >= 15 is 0 Å². The molecule has 0 fully saturated rings. The lowest BCUT2D eigenvalue weighted by Gasteiger charge is -2.07. The van der Waals surface area contributed by atoms with E-state index in [2.05, 4.69) is 10.6 Å². The Balaban J connectivity index is 1.95. The summed E-state index contributed by atoms with van der Waals surface area (Å²) in [4.78, 5) is 11.7. The van der Waals surface area contributed by atoms with Crippen LogP contribution in [0.2, 0.25) is 0 Å². The molecule has 4 heteroatoms. The van der Waals surface area contributed by atoms with Crippen LogP contribution >= 0.6 is 0 Å². The molecule has 0 heterocycles. The normalized spacial score (nSPS) is 10.6. The number of phenols is 1. The van der Waals surface area contributed by atoms with Gasteiger partial charge in [0.2, 0.25) is 0 Å². The SMILES string of the molecule is Cc1ccc(NC(=O)N/C=C/c2ccccc2C)c(O)c1. The monoisotopic (exact) mass is 282 g/mol. The first-order chi connectivity index (χ1) is 10.1. The van der Waals surface area contributed by atoms with Crippen LogP contribution in [0, 0.1) is 13.8 Å². The molecule has 2 rings (SSSR count). The number of hydrogen-bond donors (Lipinski definition) is 3. The smallest absolute Gasteiger partial charge is 0.323 e. The van der Waals surface area contributed by atoms with Gasteiger partial charge < -0.3 is 15.7 Å². The molecule has 2 amide bonds. The molecule has 0 bridgehead atoms. The molecule has 0 saturated heterocycles. The van der Waals surface area contributed by atoms with Crippen LogP contribution < -0.4 is 10.6 Å². The third kappa shape index (κ3) is 4.11. The van der Waals surface area contributed by atoms with Gasteiger partial charge in [0.1, 0.15) is 5.75 Å². The number of carbonyl (C=O) groups is 1. The van der Waals surface area contributed by atoms with Gasteiger partial charge in [-0.3, -0.25) is 0 Å². The summed E-state index contributed by atoms with van der Waals surface area (Å²) in [7, 11) is 0. The molecule has 2 aromatic rings. The number of carbonyl (C=O) groups excluding carboxylic acids is 1. The van der Waals surface area contributed by atoms with Gasteiger partial charge in [0, 0.05) is 6.20 Å². The van der Waals surface area contributed by atoms with Crippen molar-refractivity contribution in [1.82, 2.24) is 5.32 Å². The Morgan fingerprint density at radius 1 is 1.14 bits per heavy atom. The van der Waals surface area contributed by atoms with E-state index in [1.807, 2.05) is 50.3 Å². The quantitative estimate of drug-likeness (QED) is 0.750. The van der Waals surface area contributed by atoms with Crippen molar-refractivity contribution in [3.8, 4) is 5.75 Å². The van der Waals surface area contributed by atoms with Gasteiger partial charge >= 0.3 is 6.03 Å². The second-order valence-corrected chi connectivity index (χ2v) is 4.81. The minimum absolute atomic E-state index is 0.0491. The molecule has 4 nitrogen and oxygen atoms in total. The van der Waals surface area contributed by atoms with E-state index in [0.717, 1.165) is 16.7 Å². The van der Waals surface area contributed by atoms with Gasteiger partial charge in [-0.25, -0.2) is 4.79 Å². The Morgan fingerprint density at radius 2 is 1.90 bits per heavy atom. The molecule has 3 N–H and O–H groups in total. The van der Waals surface area contributed by atoms with Crippen molar-refractivity contribution in [2.45, 2.75) is 13.8 Å². The molecular formula is C17H18N2O2. The lowest BCUT2D eigenvalue weighted by atomic mass is 10.1. The van der Waals surface area contributed by atoms with Crippen LogP contribution in [-0.2, 0) is 0 Å². The molecule has 0 atom stereocenters. The number of hydrogen-bond acceptors (Lipinski definition) is 2. The number of anilines is 1. The zero-order chi connectivity index (χ0) is 15.2. The standard InChI is InChI=1S/C17H18N2O2/c1-12-7-8-15(16(20)11-12)19-17(21)18-10-9-14-6-4-3-5-13(14)2/h3-11,20H,1-2H3,(H2,18,19,21)/b10-9+. The predicted octanol–water partition coefficient (Wildman–Crippen LogP) is 3.80. The van der Waals surface area contributed by atoms with Crippen LogP contribution in [-0.4, -0.2) is 11.1 Å². The van der Waals surface area contributed by atoms with Gasteiger partial charge in [-0.1, -0.05) is 30.3 Å². The summed E-state index contributed by atoms with van der Waals surface area (Å²) in [5.41, 5.74) is 3.48. The summed E-state index contributed by atoms with van der Waals surface area (Å²) < 4.78 is 0. The predicted molar refractivity (Wildman–Crippen MR) is 85.2 cm³/mol. The maximum Gasteiger partial charge on any atom is 0.323 e. The first-order valence-corrected chi connectivity index (χ1v) is 6.65. The highest BCUT2D eigenvalue weighted by atomic mass is 16.3. The average molecular weight is 282 g/mol. The number of urea groups is 1. The van der Waals surface area contributed by atoms with Crippen LogP contribution in [0.5, 0.6) is 5.75 Å². The van der Waals surface area contributed by atoms with E-state index in [0.29, 0.717) is 5.69 Å². The van der Waals surface area contributed by atoms with E-state index in [1.54, 1.807) is 18.3 Å². The fourth-order valence-electron chi connectivity index (χ4n) is 1.89. The van der Waals surface area contributed by atoms with Gasteiger partial charge in [-0.05, 0) is 48.7 Å². The first kappa shape index (κ1) is 14.7. The number of amides is 2. The Kier molecular flexibility index (Phi) is 4.61. The van der Waals surface area contributed by atoms with Crippen LogP contribution in [0.3, 0.4) is 0 Å². The number of benzene rings is 2. The summed E-state index contributed by atoms with van der Waals surface area (Å²) in [6.45, 7) is 3.87. The van der Waals surface area contributed by atoms with E-state index in [4.69, 9.17) is 0 Å². The van der Waals surface area contributed by atoms with Crippen molar-refractivity contribution in [2.75, 3.05) is 5.32 Å². The summed E-state index contributed by atoms with van der Waals surface area (Å²) >= 11 is 0. The highest BCUT2D eigenvalue weighted by Crippen LogP contribution is 2.23. The third-order valence-electron chi connectivity index (χ3n) is 3.07. The number of aromatic hydroxyl groups is 1. The van der Waals surface area contributed by atoms with Gasteiger partial charge in [0.05, 0.1) is 5.69 Å². The Bertz CT molecular complexity index is 678. The number of nitrogens with one attached hydrogen (secondary N) is 2. The number of rotatable bonds is 3. The third-order valence-corrected chi connectivity index (χ3v) is 3.07. The zero-order valence-corrected chi connectivity index (χ0v) is 12.1. The largest absolute Gasteiger partial charge is 0.506 e. The lowest BCUT2D eigenvalue weighted by Crippen LogP contribution is -2.23. The maximum atomic E-state index is 11.7. The maximum absolute atomic E-state index is 11.7. The van der Waals surface area contributed by atoms with Gasteiger partial charge in [0.25, 0.3) is 0 Å². The fraction of sp³-hybridized carbons (Fsp3) is 0.118. The van der Waals surface area contributed by atoms with Crippen molar-refractivity contribution < 1.29 is 9.90 Å². The van der Waals surface area contributed by atoms with Crippen LogP contribution in [0.4, 0.5) is 10.5 Å². The minimum atomic E-state index is -0.404. The van der Waals surface area contributed by atoms with Crippen LogP contribution in [0.15, 0.2) is 48.7 Å². The summed E-state index contributed by atoms with van der Waals surface area (Å²) in [5, 5.41) is 14.9. The second kappa shape index (κ2) is 6.61. The molecule has 0 aliphatic rings. The minimum Gasteiger partial charge on any atom is -0.506 e. The van der Waals surface area contributed by atoms with Gasteiger partial charge in [0.15, 0.2) is 0 Å². The second-order valence-electron chi connectivity index (χ2n) is 4.81. The molecule has 2 aromatic carbocycles. The Hall–Kier alpha value is -2.75. The zero-order valence-electron chi connectivity index (χ0n) is 12.1. The molecule has 0 radical (unpaired) electrons. The molecule has 0 unspecified atom stereocenters. The van der Waals surface area contributed by atoms with E-state index < -0.39 is 6.03 Å². The highest BCUT2D eigenvalue weighted by molar-refractivity contribution is 5.91. The number of aryl methyl sites for hydroxylation is 2. The summed E-state index contributed by atoms with van der Waals surface area (Å²) in [5.74, 6) is 0.0491. The van der Waals surface area contributed by atoms with E-state index in [1.165, 1.54) is 0 Å². The van der Waals surface area contributed by atoms with Crippen molar-refractivity contribution >= 4 is 17.8 Å². The lowest BCUT2D eigenvalue weighted by molar-refractivity contribution is 0.255. The molecule has 21 heavy (non-hydrogen) atoms. The average Bonchev–Trinajstić information content (AvgIpc) is 2.44. The highest BCUT2D eigenvalue weighted by Gasteiger charge is 2.04. The number of phenolic OH excluding ortho intramolecular Hbond substituents is 1. The van der Waals surface area contributed by atoms with Crippen LogP contribution in [0.25, 0.3) is 6.08 Å².